The molecule has 0 fully saturated rings. The van der Waals surface area contributed by atoms with Gasteiger partial charge in [-0.1, -0.05) is 39.7 Å². The highest BCUT2D eigenvalue weighted by molar-refractivity contribution is 9.10. The third kappa shape index (κ3) is 2.39. The molecule has 0 aromatic heterocycles. The second-order valence-electron chi connectivity index (χ2n) is 3.13. The maximum atomic E-state index is 13.1. The molecular formula is C12H7BrClF. The van der Waals surface area contributed by atoms with Crippen LogP contribution in [0.1, 0.15) is 0 Å². The first-order valence-corrected chi connectivity index (χ1v) is 5.55. The smallest absolute Gasteiger partial charge is 0.123 e. The van der Waals surface area contributed by atoms with Crippen molar-refractivity contribution in [3.63, 3.8) is 0 Å². The van der Waals surface area contributed by atoms with Gasteiger partial charge in [0.2, 0.25) is 0 Å². The molecular weight excluding hydrogens is 278 g/mol. The number of hydrogen-bond acceptors (Lipinski definition) is 0. The third-order valence-corrected chi connectivity index (χ3v) is 2.89. The largest absolute Gasteiger partial charge is 0.207 e. The molecule has 2 rings (SSSR count). The molecule has 0 unspecified atom stereocenters. The van der Waals surface area contributed by atoms with Crippen molar-refractivity contribution in [2.45, 2.75) is 0 Å². The molecule has 0 bridgehead atoms. The Morgan fingerprint density at radius 2 is 1.87 bits per heavy atom. The third-order valence-electron chi connectivity index (χ3n) is 2.06. The molecule has 0 amide bonds. The topological polar surface area (TPSA) is 0 Å². The number of rotatable bonds is 1. The first-order chi connectivity index (χ1) is 7.16. The van der Waals surface area contributed by atoms with Gasteiger partial charge in [0.1, 0.15) is 5.82 Å². The predicted octanol–water partition coefficient (Wildman–Crippen LogP) is 4.91. The first-order valence-electron chi connectivity index (χ1n) is 4.38. The fourth-order valence-electron chi connectivity index (χ4n) is 1.37. The highest BCUT2D eigenvalue weighted by Gasteiger charge is 2.04. The summed E-state index contributed by atoms with van der Waals surface area (Å²) in [4.78, 5) is 0. The summed E-state index contributed by atoms with van der Waals surface area (Å²) >= 11 is 9.37. The summed E-state index contributed by atoms with van der Waals surface area (Å²) < 4.78 is 14.0. The van der Waals surface area contributed by atoms with Crippen molar-refractivity contribution in [3.8, 4) is 11.1 Å². The molecule has 0 spiro atoms. The van der Waals surface area contributed by atoms with Gasteiger partial charge in [-0.05, 0) is 35.9 Å². The summed E-state index contributed by atoms with van der Waals surface area (Å²) in [6.07, 6.45) is 0. The quantitative estimate of drug-likeness (QED) is 0.698. The van der Waals surface area contributed by atoms with E-state index >= 15 is 0 Å². The van der Waals surface area contributed by atoms with E-state index in [2.05, 4.69) is 15.9 Å². The Bertz CT molecular complexity index is 497. The van der Waals surface area contributed by atoms with Gasteiger partial charge in [-0.15, -0.1) is 0 Å². The summed E-state index contributed by atoms with van der Waals surface area (Å²) in [5.74, 6) is -0.283. The Hall–Kier alpha value is -0.860. The SMILES string of the molecule is Fc1ccc(Cl)c(-c2cccc(Br)c2)c1. The van der Waals surface area contributed by atoms with Crippen molar-refractivity contribution >= 4 is 27.5 Å². The van der Waals surface area contributed by atoms with Gasteiger partial charge in [0.25, 0.3) is 0 Å². The Morgan fingerprint density at radius 1 is 1.07 bits per heavy atom. The average Bonchev–Trinajstić information content (AvgIpc) is 2.22. The van der Waals surface area contributed by atoms with Gasteiger partial charge in [0.15, 0.2) is 0 Å². The number of benzene rings is 2. The van der Waals surface area contributed by atoms with Gasteiger partial charge in [-0.2, -0.15) is 0 Å². The zero-order valence-corrected chi connectivity index (χ0v) is 10.0. The average molecular weight is 286 g/mol. The summed E-state index contributed by atoms with van der Waals surface area (Å²) in [6.45, 7) is 0. The van der Waals surface area contributed by atoms with Crippen LogP contribution in [-0.4, -0.2) is 0 Å². The van der Waals surface area contributed by atoms with Crippen LogP contribution in [0.4, 0.5) is 4.39 Å². The van der Waals surface area contributed by atoms with Crippen LogP contribution in [0, 0.1) is 5.82 Å². The minimum absolute atomic E-state index is 0.283. The normalized spacial score (nSPS) is 10.3. The molecule has 2 aromatic carbocycles. The molecule has 0 nitrogen and oxygen atoms in total. The van der Waals surface area contributed by atoms with Gasteiger partial charge in [0, 0.05) is 15.1 Å². The van der Waals surface area contributed by atoms with Crippen LogP contribution in [0.25, 0.3) is 11.1 Å². The van der Waals surface area contributed by atoms with E-state index in [0.717, 1.165) is 10.0 Å². The van der Waals surface area contributed by atoms with Gasteiger partial charge >= 0.3 is 0 Å². The van der Waals surface area contributed by atoms with Gasteiger partial charge in [0.05, 0.1) is 0 Å². The lowest BCUT2D eigenvalue weighted by Gasteiger charge is -2.04. The van der Waals surface area contributed by atoms with Gasteiger partial charge < -0.3 is 0 Å². The van der Waals surface area contributed by atoms with E-state index in [-0.39, 0.29) is 5.82 Å². The molecule has 3 heteroatoms. The van der Waals surface area contributed by atoms with E-state index in [4.69, 9.17) is 11.6 Å². The van der Waals surface area contributed by atoms with E-state index in [9.17, 15) is 4.39 Å². The maximum Gasteiger partial charge on any atom is 0.123 e. The number of hydrogen-bond donors (Lipinski definition) is 0. The Kier molecular flexibility index (Phi) is 3.08. The van der Waals surface area contributed by atoms with Crippen molar-refractivity contribution in [1.82, 2.24) is 0 Å². The molecule has 2 aromatic rings. The summed E-state index contributed by atoms with van der Waals surface area (Å²) in [5.41, 5.74) is 1.60. The van der Waals surface area contributed by atoms with Crippen molar-refractivity contribution in [3.05, 3.63) is 57.8 Å². The zero-order chi connectivity index (χ0) is 10.8. The van der Waals surface area contributed by atoms with E-state index in [1.807, 2.05) is 24.3 Å². The Morgan fingerprint density at radius 3 is 2.60 bits per heavy atom. The minimum Gasteiger partial charge on any atom is -0.207 e. The van der Waals surface area contributed by atoms with Crippen LogP contribution in [-0.2, 0) is 0 Å². The van der Waals surface area contributed by atoms with Crippen LogP contribution in [0.2, 0.25) is 5.02 Å². The molecule has 76 valence electrons. The highest BCUT2D eigenvalue weighted by atomic mass is 79.9. The van der Waals surface area contributed by atoms with Gasteiger partial charge in [-0.25, -0.2) is 4.39 Å². The lowest BCUT2D eigenvalue weighted by molar-refractivity contribution is 0.628. The standard InChI is InChI=1S/C12H7BrClF/c13-9-3-1-2-8(6-9)11-7-10(15)4-5-12(11)14/h1-7H. The highest BCUT2D eigenvalue weighted by Crippen LogP contribution is 2.30. The van der Waals surface area contributed by atoms with Crippen LogP contribution >= 0.6 is 27.5 Å². The monoisotopic (exact) mass is 284 g/mol. The minimum atomic E-state index is -0.283. The van der Waals surface area contributed by atoms with Crippen molar-refractivity contribution in [2.24, 2.45) is 0 Å². The van der Waals surface area contributed by atoms with Crippen molar-refractivity contribution in [2.75, 3.05) is 0 Å². The van der Waals surface area contributed by atoms with E-state index < -0.39 is 0 Å². The maximum absolute atomic E-state index is 13.1. The summed E-state index contributed by atoms with van der Waals surface area (Å²) in [7, 11) is 0. The molecule has 0 N–H and O–H groups in total. The molecule has 0 heterocycles. The molecule has 0 aliphatic carbocycles. The predicted molar refractivity (Wildman–Crippen MR) is 64.5 cm³/mol. The fraction of sp³-hybridized carbons (Fsp3) is 0. The summed E-state index contributed by atoms with van der Waals surface area (Å²) in [6, 6.07) is 11.9. The van der Waals surface area contributed by atoms with Crippen LogP contribution < -0.4 is 0 Å². The molecule has 0 saturated heterocycles. The molecule has 15 heavy (non-hydrogen) atoms. The lowest BCUT2D eigenvalue weighted by Crippen LogP contribution is -1.82. The van der Waals surface area contributed by atoms with Crippen LogP contribution in [0.5, 0.6) is 0 Å². The van der Waals surface area contributed by atoms with Crippen molar-refractivity contribution in [1.29, 1.82) is 0 Å². The van der Waals surface area contributed by atoms with Crippen molar-refractivity contribution < 1.29 is 4.39 Å². The van der Waals surface area contributed by atoms with Crippen LogP contribution in [0.3, 0.4) is 0 Å². The molecule has 0 radical (unpaired) electrons. The lowest BCUT2D eigenvalue weighted by atomic mass is 10.1. The van der Waals surface area contributed by atoms with Gasteiger partial charge in [-0.3, -0.25) is 0 Å². The van der Waals surface area contributed by atoms with E-state index in [1.165, 1.54) is 12.1 Å². The fourth-order valence-corrected chi connectivity index (χ4v) is 2.00. The van der Waals surface area contributed by atoms with Crippen LogP contribution in [0.15, 0.2) is 46.9 Å². The molecule has 0 saturated carbocycles. The Balaban J connectivity index is 2.58. The summed E-state index contributed by atoms with van der Waals surface area (Å²) in [5, 5.41) is 0.550. The molecule has 0 atom stereocenters. The molecule has 0 aliphatic heterocycles. The molecule has 0 aliphatic rings. The zero-order valence-electron chi connectivity index (χ0n) is 7.68. The van der Waals surface area contributed by atoms with E-state index in [0.29, 0.717) is 10.6 Å². The first kappa shape index (κ1) is 10.7. The second-order valence-corrected chi connectivity index (χ2v) is 4.46. The Labute approximate surface area is 101 Å². The number of halogens is 3. The van der Waals surface area contributed by atoms with E-state index in [1.54, 1.807) is 6.07 Å². The second kappa shape index (κ2) is 4.33.